The largest absolute Gasteiger partial charge is 0.339 e. The zero-order valence-electron chi connectivity index (χ0n) is 13.3. The zero-order chi connectivity index (χ0) is 16.0. The molecule has 0 aliphatic rings. The summed E-state index contributed by atoms with van der Waals surface area (Å²) < 4.78 is 13.7. The van der Waals surface area contributed by atoms with Crippen molar-refractivity contribution in [3.63, 3.8) is 0 Å². The minimum absolute atomic E-state index is 0.0248. The Hall–Kier alpha value is -0.900. The van der Waals surface area contributed by atoms with E-state index < -0.39 is 0 Å². The molecule has 1 amide bonds. The van der Waals surface area contributed by atoms with Gasteiger partial charge in [-0.2, -0.15) is 0 Å². The summed E-state index contributed by atoms with van der Waals surface area (Å²) in [6.07, 6.45) is 1.95. The molecule has 0 heterocycles. The fourth-order valence-corrected chi connectivity index (χ4v) is 2.50. The van der Waals surface area contributed by atoms with Gasteiger partial charge < -0.3 is 4.90 Å². The Bertz CT molecular complexity index is 462. The Kier molecular flexibility index (Phi) is 7.36. The summed E-state index contributed by atoms with van der Waals surface area (Å²) in [6, 6.07) is 4.23. The molecule has 0 aliphatic carbocycles. The highest BCUT2D eigenvalue weighted by Gasteiger charge is 2.19. The highest BCUT2D eigenvalue weighted by Crippen LogP contribution is 2.21. The number of amides is 1. The number of halogens is 2. The molecule has 0 aliphatic heterocycles. The first kappa shape index (κ1) is 18.1. The van der Waals surface area contributed by atoms with Crippen LogP contribution in [0.4, 0.5) is 4.39 Å². The molecule has 118 valence electrons. The van der Waals surface area contributed by atoms with Crippen LogP contribution < -0.4 is 0 Å². The van der Waals surface area contributed by atoms with E-state index in [0.29, 0.717) is 21.9 Å². The van der Waals surface area contributed by atoms with Gasteiger partial charge in [-0.1, -0.05) is 27.7 Å². The second-order valence-electron chi connectivity index (χ2n) is 6.28. The topological polar surface area (TPSA) is 20.3 Å². The van der Waals surface area contributed by atoms with Crippen molar-refractivity contribution in [1.82, 2.24) is 4.90 Å². The minimum Gasteiger partial charge on any atom is -0.339 e. The van der Waals surface area contributed by atoms with E-state index in [9.17, 15) is 9.18 Å². The van der Waals surface area contributed by atoms with Gasteiger partial charge in [-0.15, -0.1) is 0 Å². The lowest BCUT2D eigenvalue weighted by Crippen LogP contribution is -2.34. The fraction of sp³-hybridized carbons (Fsp3) is 0.588. The van der Waals surface area contributed by atoms with Gasteiger partial charge in [0.25, 0.3) is 5.91 Å². The van der Waals surface area contributed by atoms with E-state index in [1.165, 1.54) is 12.1 Å². The normalized spacial score (nSPS) is 11.2. The molecule has 1 aromatic rings. The molecule has 0 N–H and O–H groups in total. The first-order chi connectivity index (χ1) is 9.81. The van der Waals surface area contributed by atoms with Gasteiger partial charge in [0.2, 0.25) is 0 Å². The molecule has 2 nitrogen and oxygen atoms in total. The standard InChI is InChI=1S/C17H25BrFNO/c1-12(2)7-9-20(10-8-13(3)4)17(21)15-6-5-14(19)11-16(15)18/h5-6,11-13H,7-10H2,1-4H3. The van der Waals surface area contributed by atoms with Crippen LogP contribution in [0.15, 0.2) is 22.7 Å². The summed E-state index contributed by atoms with van der Waals surface area (Å²) in [6.45, 7) is 10.1. The number of benzene rings is 1. The van der Waals surface area contributed by atoms with Crippen molar-refractivity contribution in [1.29, 1.82) is 0 Å². The molecule has 0 aromatic heterocycles. The molecule has 0 saturated heterocycles. The molecule has 21 heavy (non-hydrogen) atoms. The van der Waals surface area contributed by atoms with Crippen LogP contribution in [-0.2, 0) is 0 Å². The van der Waals surface area contributed by atoms with Gasteiger partial charge in [0.15, 0.2) is 0 Å². The number of carbonyl (C=O) groups is 1. The molecular weight excluding hydrogens is 333 g/mol. The Morgan fingerprint density at radius 3 is 2.10 bits per heavy atom. The maximum atomic E-state index is 13.2. The van der Waals surface area contributed by atoms with E-state index in [1.54, 1.807) is 6.07 Å². The molecule has 0 atom stereocenters. The fourth-order valence-electron chi connectivity index (χ4n) is 1.98. The Morgan fingerprint density at radius 2 is 1.67 bits per heavy atom. The van der Waals surface area contributed by atoms with Gasteiger partial charge in [0.05, 0.1) is 5.56 Å². The molecule has 4 heteroatoms. The number of carbonyl (C=O) groups excluding carboxylic acids is 1. The summed E-state index contributed by atoms with van der Waals surface area (Å²) in [5.41, 5.74) is 0.531. The average Bonchev–Trinajstić information content (AvgIpc) is 2.37. The molecule has 0 unspecified atom stereocenters. The second kappa shape index (κ2) is 8.52. The molecule has 1 aromatic carbocycles. The maximum Gasteiger partial charge on any atom is 0.255 e. The minimum atomic E-state index is -0.339. The van der Waals surface area contributed by atoms with Crippen molar-refractivity contribution in [2.75, 3.05) is 13.1 Å². The molecule has 0 fully saturated rings. The summed E-state index contributed by atoms with van der Waals surface area (Å²) in [4.78, 5) is 14.6. The van der Waals surface area contributed by atoms with Crippen molar-refractivity contribution in [3.05, 3.63) is 34.1 Å². The average molecular weight is 358 g/mol. The third-order valence-electron chi connectivity index (χ3n) is 3.40. The van der Waals surface area contributed by atoms with Crippen LogP contribution in [0.1, 0.15) is 50.9 Å². The lowest BCUT2D eigenvalue weighted by atomic mass is 10.1. The van der Waals surface area contributed by atoms with Crippen LogP contribution in [0.2, 0.25) is 0 Å². The van der Waals surface area contributed by atoms with E-state index >= 15 is 0 Å². The molecule has 1 rings (SSSR count). The first-order valence-corrected chi connectivity index (χ1v) is 8.35. The summed E-state index contributed by atoms with van der Waals surface area (Å²) >= 11 is 3.29. The van der Waals surface area contributed by atoms with Crippen molar-refractivity contribution in [2.24, 2.45) is 11.8 Å². The lowest BCUT2D eigenvalue weighted by Gasteiger charge is -2.25. The molecule has 0 radical (unpaired) electrons. The number of hydrogen-bond donors (Lipinski definition) is 0. The van der Waals surface area contributed by atoms with Gasteiger partial charge in [0, 0.05) is 17.6 Å². The van der Waals surface area contributed by atoms with E-state index in [4.69, 9.17) is 0 Å². The third-order valence-corrected chi connectivity index (χ3v) is 4.06. The Morgan fingerprint density at radius 1 is 1.14 bits per heavy atom. The molecule has 0 spiro atoms. The third kappa shape index (κ3) is 6.16. The van der Waals surface area contributed by atoms with Gasteiger partial charge in [-0.3, -0.25) is 4.79 Å². The van der Waals surface area contributed by atoms with Crippen LogP contribution in [0, 0.1) is 17.7 Å². The van der Waals surface area contributed by atoms with Crippen LogP contribution in [0.3, 0.4) is 0 Å². The highest BCUT2D eigenvalue weighted by molar-refractivity contribution is 9.10. The predicted octanol–water partition coefficient (Wildman–Crippen LogP) is 5.12. The van der Waals surface area contributed by atoms with E-state index in [1.807, 2.05) is 4.90 Å². The van der Waals surface area contributed by atoms with Crippen LogP contribution in [-0.4, -0.2) is 23.9 Å². The molecule has 0 saturated carbocycles. The van der Waals surface area contributed by atoms with Crippen LogP contribution in [0.25, 0.3) is 0 Å². The van der Waals surface area contributed by atoms with Gasteiger partial charge in [-0.25, -0.2) is 4.39 Å². The SMILES string of the molecule is CC(C)CCN(CCC(C)C)C(=O)c1ccc(F)cc1Br. The van der Waals surface area contributed by atoms with Crippen molar-refractivity contribution in [3.8, 4) is 0 Å². The molecular formula is C17H25BrFNO. The monoisotopic (exact) mass is 357 g/mol. The summed E-state index contributed by atoms with van der Waals surface area (Å²) in [7, 11) is 0. The quantitative estimate of drug-likeness (QED) is 0.662. The number of hydrogen-bond acceptors (Lipinski definition) is 1. The first-order valence-electron chi connectivity index (χ1n) is 7.55. The van der Waals surface area contributed by atoms with E-state index in [0.717, 1.165) is 25.9 Å². The van der Waals surface area contributed by atoms with E-state index in [2.05, 4.69) is 43.6 Å². The van der Waals surface area contributed by atoms with Gasteiger partial charge in [0.1, 0.15) is 5.82 Å². The van der Waals surface area contributed by atoms with Crippen molar-refractivity contribution < 1.29 is 9.18 Å². The van der Waals surface area contributed by atoms with Crippen molar-refractivity contribution in [2.45, 2.75) is 40.5 Å². The Labute approximate surface area is 135 Å². The van der Waals surface area contributed by atoms with Gasteiger partial charge >= 0.3 is 0 Å². The maximum absolute atomic E-state index is 13.2. The van der Waals surface area contributed by atoms with Gasteiger partial charge in [-0.05, 0) is 58.8 Å². The number of rotatable bonds is 7. The van der Waals surface area contributed by atoms with Crippen LogP contribution in [0.5, 0.6) is 0 Å². The van der Waals surface area contributed by atoms with Crippen molar-refractivity contribution >= 4 is 21.8 Å². The highest BCUT2D eigenvalue weighted by atomic mass is 79.9. The Balaban J connectivity index is 2.86. The smallest absolute Gasteiger partial charge is 0.255 e. The predicted molar refractivity (Wildman–Crippen MR) is 88.9 cm³/mol. The second-order valence-corrected chi connectivity index (χ2v) is 7.14. The lowest BCUT2D eigenvalue weighted by molar-refractivity contribution is 0.0740. The molecule has 0 bridgehead atoms. The van der Waals surface area contributed by atoms with E-state index in [-0.39, 0.29) is 11.7 Å². The zero-order valence-corrected chi connectivity index (χ0v) is 14.9. The summed E-state index contributed by atoms with van der Waals surface area (Å²) in [5.74, 6) is 0.740. The number of nitrogens with zero attached hydrogens (tertiary/aromatic N) is 1. The summed E-state index contributed by atoms with van der Waals surface area (Å²) in [5, 5.41) is 0. The van der Waals surface area contributed by atoms with Crippen LogP contribution >= 0.6 is 15.9 Å².